The van der Waals surface area contributed by atoms with Crippen molar-refractivity contribution in [1.82, 2.24) is 0 Å². The Balaban J connectivity index is 0.000000168. The van der Waals surface area contributed by atoms with Crippen LogP contribution in [0.5, 0.6) is 0 Å². The van der Waals surface area contributed by atoms with Crippen LogP contribution >= 0.6 is 0 Å². The first-order valence-electron chi connectivity index (χ1n) is 23.2. The molecule has 0 unspecified atom stereocenters. The largest absolute Gasteiger partial charge is 0.451 e. The summed E-state index contributed by atoms with van der Waals surface area (Å²) >= 11 is 0. The minimum atomic E-state index is -0.961. The molecule has 60 heavy (non-hydrogen) atoms. The highest BCUT2D eigenvalue weighted by Crippen LogP contribution is 2.70. The SMILES string of the molecule is CC#C[C@]1(O)CC[C@H]2[C@@H]3CCC4=CC(=O)CCC4=C3[C@@H](c3ccc(N(C)C)cc3)C[C@@]21C.CC(=O)O[C@]1(C(C)=O)CC[C@H]2[C@@H]3C[C@H](C)C4=CC(=O)CC[C@]4(C)[C@H]3CC[C@@]21C. The molecule has 0 bridgehead atoms. The predicted octanol–water partition coefficient (Wildman–Crippen LogP) is 10.1. The van der Waals surface area contributed by atoms with E-state index in [1.807, 2.05) is 19.1 Å². The number of rotatable bonds is 4. The number of ketones is 3. The summed E-state index contributed by atoms with van der Waals surface area (Å²) in [6.07, 6.45) is 16.4. The van der Waals surface area contributed by atoms with Crippen LogP contribution < -0.4 is 4.90 Å². The van der Waals surface area contributed by atoms with Crippen molar-refractivity contribution >= 4 is 29.0 Å². The van der Waals surface area contributed by atoms with Gasteiger partial charge in [0.15, 0.2) is 23.0 Å². The van der Waals surface area contributed by atoms with Gasteiger partial charge in [-0.25, -0.2) is 0 Å². The number of carbonyl (C=O) groups excluding carboxylic acids is 4. The fourth-order valence-electron chi connectivity index (χ4n) is 15.4. The van der Waals surface area contributed by atoms with Gasteiger partial charge < -0.3 is 14.7 Å². The van der Waals surface area contributed by atoms with Crippen molar-refractivity contribution in [2.75, 3.05) is 19.0 Å². The number of benzene rings is 1. The lowest BCUT2D eigenvalue weighted by Crippen LogP contribution is -2.59. The Bertz CT molecular complexity index is 2130. The zero-order valence-corrected chi connectivity index (χ0v) is 37.8. The normalized spacial score (nSPS) is 41.3. The predicted molar refractivity (Wildman–Crippen MR) is 236 cm³/mol. The molecule has 0 radical (unpaired) electrons. The zero-order valence-electron chi connectivity index (χ0n) is 37.8. The van der Waals surface area contributed by atoms with Crippen LogP contribution in [0.25, 0.3) is 0 Å². The number of esters is 1. The van der Waals surface area contributed by atoms with Crippen LogP contribution in [0.2, 0.25) is 0 Å². The van der Waals surface area contributed by atoms with Crippen molar-refractivity contribution in [3.63, 3.8) is 0 Å². The quantitative estimate of drug-likeness (QED) is 0.239. The number of anilines is 1. The molecule has 0 heterocycles. The van der Waals surface area contributed by atoms with Crippen LogP contribution in [-0.2, 0) is 23.9 Å². The van der Waals surface area contributed by atoms with E-state index in [1.54, 1.807) is 12.5 Å². The Hall–Kier alpha value is -3.76. The molecular weight excluding hydrogens is 747 g/mol. The minimum Gasteiger partial charge on any atom is -0.451 e. The van der Waals surface area contributed by atoms with Gasteiger partial charge in [0.25, 0.3) is 0 Å². The Morgan fingerprint density at radius 2 is 1.50 bits per heavy atom. The summed E-state index contributed by atoms with van der Waals surface area (Å²) < 4.78 is 5.84. The Morgan fingerprint density at radius 3 is 2.17 bits per heavy atom. The van der Waals surface area contributed by atoms with Crippen LogP contribution in [0, 0.1) is 63.6 Å². The molecule has 9 rings (SSSR count). The second-order valence-electron chi connectivity index (χ2n) is 21.2. The average molecular weight is 816 g/mol. The number of hydrogen-bond donors (Lipinski definition) is 1. The third-order valence-corrected chi connectivity index (χ3v) is 18.3. The highest BCUT2D eigenvalue weighted by atomic mass is 16.6. The van der Waals surface area contributed by atoms with Crippen molar-refractivity contribution in [2.45, 2.75) is 155 Å². The molecule has 322 valence electrons. The molecule has 8 aliphatic rings. The molecule has 1 N–H and O–H groups in total. The molecule has 0 aliphatic heterocycles. The van der Waals surface area contributed by atoms with Gasteiger partial charge in [-0.3, -0.25) is 19.2 Å². The fourth-order valence-corrected chi connectivity index (χ4v) is 15.4. The first-order valence-corrected chi connectivity index (χ1v) is 23.2. The smallest absolute Gasteiger partial charge is 0.303 e. The van der Waals surface area contributed by atoms with Gasteiger partial charge in [0.05, 0.1) is 0 Å². The summed E-state index contributed by atoms with van der Waals surface area (Å²) in [5.74, 6) is 9.58. The van der Waals surface area contributed by atoms with Crippen LogP contribution in [-0.4, -0.2) is 53.7 Å². The summed E-state index contributed by atoms with van der Waals surface area (Å²) in [6, 6.07) is 8.97. The molecule has 5 saturated carbocycles. The third kappa shape index (κ3) is 6.46. The minimum absolute atomic E-state index is 0.00469. The van der Waals surface area contributed by atoms with Crippen molar-refractivity contribution < 1.29 is 29.0 Å². The molecule has 12 atom stereocenters. The molecule has 0 aromatic heterocycles. The lowest BCUT2D eigenvalue weighted by atomic mass is 9.44. The number of ether oxygens (including phenoxy) is 1. The summed E-state index contributed by atoms with van der Waals surface area (Å²) in [7, 11) is 4.14. The van der Waals surface area contributed by atoms with Crippen LogP contribution in [0.3, 0.4) is 0 Å². The van der Waals surface area contributed by atoms with E-state index in [4.69, 9.17) is 4.74 Å². The van der Waals surface area contributed by atoms with Crippen molar-refractivity contribution in [2.24, 2.45) is 51.8 Å². The van der Waals surface area contributed by atoms with E-state index in [-0.39, 0.29) is 45.5 Å². The number of allylic oxidation sites excluding steroid dienone is 5. The first kappa shape index (κ1) is 42.9. The average Bonchev–Trinajstić information content (AvgIpc) is 3.64. The zero-order chi connectivity index (χ0) is 43.2. The number of hydrogen-bond acceptors (Lipinski definition) is 7. The van der Waals surface area contributed by atoms with Crippen LogP contribution in [0.1, 0.15) is 150 Å². The highest BCUT2D eigenvalue weighted by Gasteiger charge is 2.68. The fraction of sp³-hybridized carbons (Fsp3) is 0.660. The number of carbonyl (C=O) groups is 4. The second kappa shape index (κ2) is 15.2. The number of nitrogens with zero attached hydrogens (tertiary/aromatic N) is 1. The van der Waals surface area contributed by atoms with Crippen LogP contribution in [0.15, 0.2) is 58.7 Å². The van der Waals surface area contributed by atoms with Crippen molar-refractivity contribution in [1.29, 1.82) is 0 Å². The van der Waals surface area contributed by atoms with Crippen molar-refractivity contribution in [3.8, 4) is 11.8 Å². The second-order valence-corrected chi connectivity index (χ2v) is 21.2. The maximum absolute atomic E-state index is 12.8. The van der Waals surface area contributed by atoms with Gasteiger partial charge in [-0.05, 0) is 173 Å². The number of aliphatic hydroxyl groups is 1. The van der Waals surface area contributed by atoms with Gasteiger partial charge in [0.1, 0.15) is 5.60 Å². The maximum Gasteiger partial charge on any atom is 0.303 e. The summed E-state index contributed by atoms with van der Waals surface area (Å²) in [6.45, 7) is 14.0. The standard InChI is InChI=1S/C29H35NO2.C24H34O4/c1-5-15-29(32)16-14-26-24-12-8-20-17-22(31)11-13-23(20)27(24)25(18-28(26,29)2)19-6-9-21(10-7-19)30(3)4;1-14-12-18-19(22(4)9-6-17(27)13-21(14)22)7-10-23(5)20(18)8-11-24(23,15(2)25)28-16(3)26/h6-7,9-10,17,24-26,32H,8,11-14,16,18H2,1-4H3;13-14,18-20H,6-12H2,1-5H3/t24-,25+,26-,28-,29-;14-,18+,19-,20-,22+,23-,24-/m00/s1. The van der Waals surface area contributed by atoms with Crippen molar-refractivity contribution in [3.05, 3.63) is 64.3 Å². The van der Waals surface area contributed by atoms with Gasteiger partial charge in [-0.15, -0.1) is 5.92 Å². The van der Waals surface area contributed by atoms with Gasteiger partial charge in [-0.2, -0.15) is 0 Å². The molecular formula is C53H69NO6. The Morgan fingerprint density at radius 1 is 0.817 bits per heavy atom. The lowest BCUT2D eigenvalue weighted by molar-refractivity contribution is -0.187. The summed E-state index contributed by atoms with van der Waals surface area (Å²) in [5.41, 5.74) is 5.93. The topological polar surface area (TPSA) is 101 Å². The number of fused-ring (bicyclic) bond motifs is 9. The first-order chi connectivity index (χ1) is 28.3. The van der Waals surface area contributed by atoms with E-state index in [0.29, 0.717) is 54.8 Å². The Labute approximate surface area is 359 Å². The van der Waals surface area contributed by atoms with Gasteiger partial charge in [0.2, 0.25) is 0 Å². The van der Waals surface area contributed by atoms with E-state index in [0.717, 1.165) is 70.6 Å². The summed E-state index contributed by atoms with van der Waals surface area (Å²) in [4.78, 5) is 51.1. The lowest BCUT2D eigenvalue weighted by Gasteiger charge is -2.60. The number of Topliss-reactive ketones (excluding diaryl/α,β-unsaturated/α-hetero) is 1. The van der Waals surface area contributed by atoms with E-state index in [2.05, 4.69) is 82.8 Å². The molecule has 7 nitrogen and oxygen atoms in total. The van der Waals surface area contributed by atoms with Gasteiger partial charge in [0, 0.05) is 56.3 Å². The molecule has 0 amide bonds. The molecule has 0 spiro atoms. The molecule has 1 aromatic carbocycles. The molecule has 1 aromatic rings. The van der Waals surface area contributed by atoms with Gasteiger partial charge >= 0.3 is 5.97 Å². The monoisotopic (exact) mass is 816 g/mol. The van der Waals surface area contributed by atoms with E-state index < -0.39 is 11.2 Å². The van der Waals surface area contributed by atoms with E-state index in [9.17, 15) is 24.3 Å². The third-order valence-electron chi connectivity index (χ3n) is 18.3. The molecule has 0 saturated heterocycles. The molecule has 8 aliphatic carbocycles. The Kier molecular flexibility index (Phi) is 10.9. The summed E-state index contributed by atoms with van der Waals surface area (Å²) in [5, 5.41) is 11.7. The van der Waals surface area contributed by atoms with Gasteiger partial charge in [-0.1, -0.05) is 56.9 Å². The van der Waals surface area contributed by atoms with E-state index >= 15 is 0 Å². The van der Waals surface area contributed by atoms with Crippen LogP contribution in [0.4, 0.5) is 5.69 Å². The maximum atomic E-state index is 12.8. The van der Waals surface area contributed by atoms with E-state index in [1.165, 1.54) is 34.9 Å². The molecule has 5 fully saturated rings. The molecule has 7 heteroatoms. The highest BCUT2D eigenvalue weighted by molar-refractivity contribution is 5.93.